The number of carbonyl (C=O) groups is 3. The maximum absolute atomic E-state index is 13.4. The minimum absolute atomic E-state index is 0.0672. The first-order valence-corrected chi connectivity index (χ1v) is 10.4. The van der Waals surface area contributed by atoms with Gasteiger partial charge in [0.2, 0.25) is 11.6 Å². The summed E-state index contributed by atoms with van der Waals surface area (Å²) in [6, 6.07) is 0. The molecule has 0 bridgehead atoms. The number of allylic oxidation sites excluding steroid dienone is 1. The van der Waals surface area contributed by atoms with Crippen molar-refractivity contribution in [1.29, 1.82) is 0 Å². The first-order chi connectivity index (χ1) is 13.1. The van der Waals surface area contributed by atoms with E-state index in [0.717, 1.165) is 18.4 Å². The molecule has 154 valence electrons. The molecule has 0 aromatic carbocycles. The van der Waals surface area contributed by atoms with Crippen LogP contribution in [-0.4, -0.2) is 37.4 Å². The summed E-state index contributed by atoms with van der Waals surface area (Å²) in [4.78, 5) is 39.6. The van der Waals surface area contributed by atoms with E-state index in [-0.39, 0.29) is 23.4 Å². The zero-order chi connectivity index (χ0) is 20.9. The van der Waals surface area contributed by atoms with Crippen LogP contribution in [0.4, 0.5) is 0 Å². The van der Waals surface area contributed by atoms with Gasteiger partial charge in [-0.1, -0.05) is 34.1 Å². The molecular weight excluding hydrogens is 356 g/mol. The molecule has 0 aromatic rings. The standard InChI is InChI=1S/C23H32O5/c1-7-28-16-12-17-22(4,5)9-8-10-23(17,21(26)27-6)18-15(16)11-14(13(2)3)19(24)20(18)25/h11,13,16-17H,7-10,12H2,1-6H3/t16?,17-,23+/m0/s1. The number of esters is 1. The highest BCUT2D eigenvalue weighted by molar-refractivity contribution is 6.51. The highest BCUT2D eigenvalue weighted by Crippen LogP contribution is 2.61. The molecule has 5 heteroatoms. The molecule has 0 aliphatic heterocycles. The maximum Gasteiger partial charge on any atom is 0.316 e. The fraction of sp³-hybridized carbons (Fsp3) is 0.696. The highest BCUT2D eigenvalue weighted by Gasteiger charge is 2.63. The summed E-state index contributed by atoms with van der Waals surface area (Å²) >= 11 is 0. The molecule has 0 radical (unpaired) electrons. The topological polar surface area (TPSA) is 69.7 Å². The third kappa shape index (κ3) is 2.90. The van der Waals surface area contributed by atoms with Gasteiger partial charge in [0.15, 0.2) is 0 Å². The Hall–Kier alpha value is -1.75. The Bertz CT molecular complexity index is 770. The number of hydrogen-bond acceptors (Lipinski definition) is 5. The van der Waals surface area contributed by atoms with Crippen LogP contribution in [0.1, 0.15) is 60.3 Å². The smallest absolute Gasteiger partial charge is 0.316 e. The van der Waals surface area contributed by atoms with Crippen LogP contribution in [0.25, 0.3) is 0 Å². The van der Waals surface area contributed by atoms with E-state index in [1.54, 1.807) is 0 Å². The van der Waals surface area contributed by atoms with Gasteiger partial charge in [-0.05, 0) is 55.1 Å². The van der Waals surface area contributed by atoms with Crippen molar-refractivity contribution in [3.8, 4) is 0 Å². The second-order valence-corrected chi connectivity index (χ2v) is 9.28. The molecule has 0 N–H and O–H groups in total. The Balaban J connectivity index is 2.33. The minimum atomic E-state index is -1.06. The molecule has 3 atom stereocenters. The number of ketones is 2. The number of hydrogen-bond donors (Lipinski definition) is 0. The van der Waals surface area contributed by atoms with Crippen LogP contribution < -0.4 is 0 Å². The van der Waals surface area contributed by atoms with E-state index in [2.05, 4.69) is 13.8 Å². The molecule has 3 rings (SSSR count). The zero-order valence-electron chi connectivity index (χ0n) is 17.9. The van der Waals surface area contributed by atoms with Crippen molar-refractivity contribution in [2.75, 3.05) is 13.7 Å². The van der Waals surface area contributed by atoms with Crippen LogP contribution in [0.5, 0.6) is 0 Å². The molecule has 0 amide bonds. The summed E-state index contributed by atoms with van der Waals surface area (Å²) < 4.78 is 11.3. The lowest BCUT2D eigenvalue weighted by molar-refractivity contribution is -0.165. The first-order valence-electron chi connectivity index (χ1n) is 10.4. The van der Waals surface area contributed by atoms with E-state index >= 15 is 0 Å². The summed E-state index contributed by atoms with van der Waals surface area (Å²) in [5.41, 5.74) is 0.337. The van der Waals surface area contributed by atoms with Crippen LogP contribution in [0.15, 0.2) is 22.8 Å². The van der Waals surface area contributed by atoms with Crippen LogP contribution in [0.3, 0.4) is 0 Å². The van der Waals surface area contributed by atoms with Crippen molar-refractivity contribution < 1.29 is 23.9 Å². The minimum Gasteiger partial charge on any atom is -0.468 e. The van der Waals surface area contributed by atoms with Crippen molar-refractivity contribution >= 4 is 17.5 Å². The Morgan fingerprint density at radius 3 is 2.46 bits per heavy atom. The number of carbonyl (C=O) groups excluding carboxylic acids is 3. The van der Waals surface area contributed by atoms with E-state index in [1.807, 2.05) is 26.8 Å². The number of fused-ring (bicyclic) bond motifs is 2. The summed E-state index contributed by atoms with van der Waals surface area (Å²) in [7, 11) is 1.37. The second-order valence-electron chi connectivity index (χ2n) is 9.28. The van der Waals surface area contributed by atoms with Crippen molar-refractivity contribution in [1.82, 2.24) is 0 Å². The lowest BCUT2D eigenvalue weighted by Gasteiger charge is -2.55. The van der Waals surface area contributed by atoms with Crippen LogP contribution in [0, 0.1) is 22.7 Å². The lowest BCUT2D eigenvalue weighted by atomic mass is 9.47. The molecule has 0 spiro atoms. The Morgan fingerprint density at radius 2 is 1.89 bits per heavy atom. The average Bonchev–Trinajstić information content (AvgIpc) is 2.63. The van der Waals surface area contributed by atoms with Gasteiger partial charge in [-0.2, -0.15) is 0 Å². The predicted octanol–water partition coefficient (Wildman–Crippen LogP) is 3.81. The van der Waals surface area contributed by atoms with E-state index in [4.69, 9.17) is 9.47 Å². The second kappa shape index (κ2) is 7.25. The largest absolute Gasteiger partial charge is 0.468 e. The van der Waals surface area contributed by atoms with Crippen molar-refractivity contribution in [2.45, 2.75) is 66.4 Å². The molecule has 5 nitrogen and oxygen atoms in total. The number of rotatable bonds is 4. The quantitative estimate of drug-likeness (QED) is 0.416. The first kappa shape index (κ1) is 21.0. The van der Waals surface area contributed by atoms with Gasteiger partial charge in [0.05, 0.1) is 13.2 Å². The summed E-state index contributed by atoms with van der Waals surface area (Å²) in [6.07, 6.45) is 4.51. The molecule has 28 heavy (non-hydrogen) atoms. The van der Waals surface area contributed by atoms with Crippen molar-refractivity contribution in [3.05, 3.63) is 22.8 Å². The molecule has 0 saturated heterocycles. The Labute approximate surface area is 167 Å². The maximum atomic E-state index is 13.4. The van der Waals surface area contributed by atoms with Gasteiger partial charge in [-0.3, -0.25) is 14.4 Å². The van der Waals surface area contributed by atoms with Gasteiger partial charge in [0.1, 0.15) is 5.41 Å². The predicted molar refractivity (Wildman–Crippen MR) is 106 cm³/mol. The monoisotopic (exact) mass is 388 g/mol. The molecule has 1 fully saturated rings. The molecular formula is C23H32O5. The van der Waals surface area contributed by atoms with Gasteiger partial charge < -0.3 is 9.47 Å². The highest BCUT2D eigenvalue weighted by atomic mass is 16.5. The van der Waals surface area contributed by atoms with Gasteiger partial charge in [-0.25, -0.2) is 0 Å². The average molecular weight is 389 g/mol. The molecule has 3 aliphatic carbocycles. The number of ether oxygens (including phenoxy) is 2. The van der Waals surface area contributed by atoms with Gasteiger partial charge in [-0.15, -0.1) is 0 Å². The summed E-state index contributed by atoms with van der Waals surface area (Å²) in [5.74, 6) is -1.60. The van der Waals surface area contributed by atoms with E-state index in [9.17, 15) is 14.4 Å². The Morgan fingerprint density at radius 1 is 1.21 bits per heavy atom. The Kier molecular flexibility index (Phi) is 5.43. The normalized spacial score (nSPS) is 32.0. The van der Waals surface area contributed by atoms with Crippen molar-refractivity contribution in [2.24, 2.45) is 22.7 Å². The van der Waals surface area contributed by atoms with Crippen LogP contribution in [-0.2, 0) is 23.9 Å². The molecule has 3 aliphatic rings. The molecule has 1 unspecified atom stereocenters. The van der Waals surface area contributed by atoms with E-state index in [0.29, 0.717) is 30.6 Å². The lowest BCUT2D eigenvalue weighted by Crippen LogP contribution is -2.57. The molecule has 1 saturated carbocycles. The zero-order valence-corrected chi connectivity index (χ0v) is 17.9. The third-order valence-corrected chi connectivity index (χ3v) is 7.01. The summed E-state index contributed by atoms with van der Waals surface area (Å²) in [6.45, 7) is 10.5. The SMILES string of the molecule is CCOC1C[C@H]2C(C)(C)CCC[C@]2(C(=O)OC)C2=C1C=C(C(C)C)C(=O)C2=O. The third-order valence-electron chi connectivity index (χ3n) is 7.01. The number of methoxy groups -OCH3 is 1. The fourth-order valence-electron chi connectivity index (χ4n) is 5.71. The van der Waals surface area contributed by atoms with Gasteiger partial charge in [0, 0.05) is 17.8 Å². The van der Waals surface area contributed by atoms with Crippen molar-refractivity contribution in [3.63, 3.8) is 0 Å². The molecule has 0 heterocycles. The van der Waals surface area contributed by atoms with Gasteiger partial charge >= 0.3 is 5.97 Å². The summed E-state index contributed by atoms with van der Waals surface area (Å²) in [5, 5.41) is 0. The fourth-order valence-corrected chi connectivity index (χ4v) is 5.71. The van der Waals surface area contributed by atoms with E-state index in [1.165, 1.54) is 7.11 Å². The number of Topliss-reactive ketones (excluding diaryl/α,β-unsaturated/α-hetero) is 2. The van der Waals surface area contributed by atoms with Crippen LogP contribution in [0.2, 0.25) is 0 Å². The van der Waals surface area contributed by atoms with E-state index < -0.39 is 23.0 Å². The molecule has 0 aromatic heterocycles. The van der Waals surface area contributed by atoms with Crippen LogP contribution >= 0.6 is 0 Å². The van der Waals surface area contributed by atoms with Gasteiger partial charge in [0.25, 0.3) is 0 Å².